The van der Waals surface area contributed by atoms with Crippen molar-refractivity contribution in [1.82, 2.24) is 20.2 Å². The largest absolute Gasteiger partial charge is 0.479 e. The highest BCUT2D eigenvalue weighted by Crippen LogP contribution is 2.40. The van der Waals surface area contributed by atoms with Gasteiger partial charge in [-0.3, -0.25) is 0 Å². The van der Waals surface area contributed by atoms with Crippen LogP contribution in [-0.4, -0.2) is 31.3 Å². The van der Waals surface area contributed by atoms with Crippen molar-refractivity contribution in [3.05, 3.63) is 5.82 Å². The summed E-state index contributed by atoms with van der Waals surface area (Å²) >= 11 is 0. The van der Waals surface area contributed by atoms with Gasteiger partial charge in [-0.15, -0.1) is 5.10 Å². The van der Waals surface area contributed by atoms with Gasteiger partial charge < -0.3 is 5.11 Å². The standard InChI is InChI=1S/C10H16N4O2/c1-3-7(2)8-11-12-13-14(8)10(9(15)16)5-4-6-10/h7H,3-6H2,1-2H3,(H,15,16). The van der Waals surface area contributed by atoms with E-state index in [0.717, 1.165) is 12.8 Å². The van der Waals surface area contributed by atoms with E-state index in [4.69, 9.17) is 0 Å². The molecule has 0 bridgehead atoms. The second kappa shape index (κ2) is 3.84. The molecule has 1 saturated carbocycles. The fourth-order valence-corrected chi connectivity index (χ4v) is 2.02. The van der Waals surface area contributed by atoms with Crippen LogP contribution in [0.2, 0.25) is 0 Å². The highest BCUT2D eigenvalue weighted by molar-refractivity contribution is 5.77. The first-order valence-electron chi connectivity index (χ1n) is 5.64. The van der Waals surface area contributed by atoms with E-state index in [0.29, 0.717) is 18.7 Å². The van der Waals surface area contributed by atoms with Crippen LogP contribution in [-0.2, 0) is 10.3 Å². The Hall–Kier alpha value is -1.46. The summed E-state index contributed by atoms with van der Waals surface area (Å²) in [5.74, 6) is 0.0482. The van der Waals surface area contributed by atoms with Crippen molar-refractivity contribution in [3.63, 3.8) is 0 Å². The lowest BCUT2D eigenvalue weighted by Crippen LogP contribution is -2.49. The summed E-state index contributed by atoms with van der Waals surface area (Å²) in [4.78, 5) is 11.3. The van der Waals surface area contributed by atoms with Gasteiger partial charge in [-0.2, -0.15) is 0 Å². The minimum absolute atomic E-state index is 0.187. The van der Waals surface area contributed by atoms with Crippen molar-refractivity contribution in [2.75, 3.05) is 0 Å². The van der Waals surface area contributed by atoms with Crippen molar-refractivity contribution in [3.8, 4) is 0 Å². The number of carbonyl (C=O) groups is 1. The fraction of sp³-hybridized carbons (Fsp3) is 0.800. The minimum Gasteiger partial charge on any atom is -0.479 e. The lowest BCUT2D eigenvalue weighted by molar-refractivity contribution is -0.153. The van der Waals surface area contributed by atoms with Gasteiger partial charge in [-0.1, -0.05) is 13.8 Å². The van der Waals surface area contributed by atoms with Gasteiger partial charge >= 0.3 is 5.97 Å². The Bertz CT molecular complexity index is 397. The summed E-state index contributed by atoms with van der Waals surface area (Å²) in [6.07, 6.45) is 3.07. The van der Waals surface area contributed by atoms with Gasteiger partial charge in [0.2, 0.25) is 0 Å². The molecule has 2 rings (SSSR count). The molecule has 1 heterocycles. The van der Waals surface area contributed by atoms with Crippen LogP contribution in [0.15, 0.2) is 0 Å². The molecule has 16 heavy (non-hydrogen) atoms. The van der Waals surface area contributed by atoms with E-state index in [1.165, 1.54) is 4.68 Å². The third-order valence-electron chi connectivity index (χ3n) is 3.53. The minimum atomic E-state index is -0.887. The van der Waals surface area contributed by atoms with Gasteiger partial charge in [0.05, 0.1) is 0 Å². The first-order valence-corrected chi connectivity index (χ1v) is 5.64. The highest BCUT2D eigenvalue weighted by Gasteiger charge is 2.49. The molecule has 1 atom stereocenters. The predicted octanol–water partition coefficient (Wildman–Crippen LogP) is 1.15. The van der Waals surface area contributed by atoms with E-state index in [2.05, 4.69) is 15.5 Å². The smallest absolute Gasteiger partial charge is 0.331 e. The lowest BCUT2D eigenvalue weighted by atomic mass is 9.76. The molecule has 1 aliphatic rings. The van der Waals surface area contributed by atoms with E-state index < -0.39 is 11.5 Å². The number of aromatic nitrogens is 4. The van der Waals surface area contributed by atoms with Crippen molar-refractivity contribution >= 4 is 5.97 Å². The van der Waals surface area contributed by atoms with E-state index >= 15 is 0 Å². The molecule has 1 unspecified atom stereocenters. The number of hydrogen-bond donors (Lipinski definition) is 1. The molecule has 6 heteroatoms. The predicted molar refractivity (Wildman–Crippen MR) is 56.0 cm³/mol. The number of carboxylic acids is 1. The van der Waals surface area contributed by atoms with Gasteiger partial charge in [0.15, 0.2) is 11.4 Å². The second-order valence-electron chi connectivity index (χ2n) is 4.45. The third-order valence-corrected chi connectivity index (χ3v) is 3.53. The molecule has 1 fully saturated rings. The van der Waals surface area contributed by atoms with Crippen LogP contribution in [0.5, 0.6) is 0 Å². The highest BCUT2D eigenvalue weighted by atomic mass is 16.4. The Kier molecular flexibility index (Phi) is 2.65. The number of tetrazole rings is 1. The fourth-order valence-electron chi connectivity index (χ4n) is 2.02. The van der Waals surface area contributed by atoms with E-state index in [1.54, 1.807) is 0 Å². The first kappa shape index (κ1) is 11.0. The molecule has 0 spiro atoms. The molecule has 0 saturated heterocycles. The van der Waals surface area contributed by atoms with Crippen LogP contribution in [0.3, 0.4) is 0 Å². The van der Waals surface area contributed by atoms with Crippen LogP contribution in [0, 0.1) is 0 Å². The molecule has 1 aliphatic carbocycles. The Balaban J connectivity index is 2.40. The molecule has 1 N–H and O–H groups in total. The quantitative estimate of drug-likeness (QED) is 0.829. The summed E-state index contributed by atoms with van der Waals surface area (Å²) in [6, 6.07) is 0. The van der Waals surface area contributed by atoms with Gasteiger partial charge in [-0.25, -0.2) is 9.48 Å². The maximum Gasteiger partial charge on any atom is 0.331 e. The van der Waals surface area contributed by atoms with Crippen molar-refractivity contribution in [1.29, 1.82) is 0 Å². The SMILES string of the molecule is CCC(C)c1nnnn1C1(C(=O)O)CCC1. The van der Waals surface area contributed by atoms with Crippen molar-refractivity contribution < 1.29 is 9.90 Å². The summed E-state index contributed by atoms with van der Waals surface area (Å²) in [6.45, 7) is 4.05. The monoisotopic (exact) mass is 224 g/mol. The van der Waals surface area contributed by atoms with E-state index in [-0.39, 0.29) is 5.92 Å². The van der Waals surface area contributed by atoms with Crippen LogP contribution < -0.4 is 0 Å². The average molecular weight is 224 g/mol. The molecule has 1 aromatic heterocycles. The Morgan fingerprint density at radius 2 is 2.31 bits per heavy atom. The normalized spacial score (nSPS) is 20.1. The zero-order valence-corrected chi connectivity index (χ0v) is 9.55. The molecular weight excluding hydrogens is 208 g/mol. The number of rotatable bonds is 4. The molecule has 88 valence electrons. The number of nitrogens with zero attached hydrogens (tertiary/aromatic N) is 4. The zero-order chi connectivity index (χ0) is 11.8. The third kappa shape index (κ3) is 1.40. The van der Waals surface area contributed by atoms with Crippen LogP contribution in [0.1, 0.15) is 51.3 Å². The molecule has 0 radical (unpaired) electrons. The summed E-state index contributed by atoms with van der Waals surface area (Å²) in [7, 11) is 0. The summed E-state index contributed by atoms with van der Waals surface area (Å²) < 4.78 is 1.52. The van der Waals surface area contributed by atoms with Gasteiger partial charge in [0, 0.05) is 5.92 Å². The van der Waals surface area contributed by atoms with Crippen molar-refractivity contribution in [2.45, 2.75) is 51.0 Å². The van der Waals surface area contributed by atoms with Crippen LogP contribution >= 0.6 is 0 Å². The second-order valence-corrected chi connectivity index (χ2v) is 4.45. The van der Waals surface area contributed by atoms with E-state index in [1.807, 2.05) is 13.8 Å². The van der Waals surface area contributed by atoms with Crippen molar-refractivity contribution in [2.24, 2.45) is 0 Å². The van der Waals surface area contributed by atoms with Crippen LogP contribution in [0.4, 0.5) is 0 Å². The topological polar surface area (TPSA) is 80.9 Å². The van der Waals surface area contributed by atoms with E-state index in [9.17, 15) is 9.90 Å². The van der Waals surface area contributed by atoms with Crippen LogP contribution in [0.25, 0.3) is 0 Å². The number of aliphatic carboxylic acids is 1. The molecule has 1 aromatic rings. The molecule has 6 nitrogen and oxygen atoms in total. The number of carboxylic acid groups (broad SMARTS) is 1. The molecule has 0 aliphatic heterocycles. The molecular formula is C10H16N4O2. The average Bonchev–Trinajstić information content (AvgIpc) is 2.63. The Morgan fingerprint density at radius 3 is 2.75 bits per heavy atom. The first-order chi connectivity index (χ1) is 7.62. The van der Waals surface area contributed by atoms with Gasteiger partial charge in [0.1, 0.15) is 0 Å². The zero-order valence-electron chi connectivity index (χ0n) is 9.55. The Labute approximate surface area is 93.6 Å². The molecule has 0 amide bonds. The van der Waals surface area contributed by atoms with Gasteiger partial charge in [-0.05, 0) is 36.1 Å². The molecule has 0 aromatic carbocycles. The lowest BCUT2D eigenvalue weighted by Gasteiger charge is -2.38. The number of hydrogen-bond acceptors (Lipinski definition) is 4. The summed E-state index contributed by atoms with van der Waals surface area (Å²) in [5.41, 5.74) is -0.887. The summed E-state index contributed by atoms with van der Waals surface area (Å²) in [5, 5.41) is 20.8. The van der Waals surface area contributed by atoms with Gasteiger partial charge in [0.25, 0.3) is 0 Å². The Morgan fingerprint density at radius 1 is 1.62 bits per heavy atom. The maximum absolute atomic E-state index is 11.3. The maximum atomic E-state index is 11.3.